The summed E-state index contributed by atoms with van der Waals surface area (Å²) in [6, 6.07) is 6.94. The molecule has 0 unspecified atom stereocenters. The first-order chi connectivity index (χ1) is 12.9. The van der Waals surface area contributed by atoms with Gasteiger partial charge in [-0.05, 0) is 35.7 Å². The summed E-state index contributed by atoms with van der Waals surface area (Å²) in [5.74, 6) is -1.57. The highest BCUT2D eigenvalue weighted by atomic mass is 32.1. The summed E-state index contributed by atoms with van der Waals surface area (Å²) in [4.78, 5) is 35.0. The topological polar surface area (TPSA) is 93.7 Å². The molecule has 0 radical (unpaired) electrons. The molecule has 2 N–H and O–H groups in total. The predicted molar refractivity (Wildman–Crippen MR) is 93.9 cm³/mol. The lowest BCUT2D eigenvalue weighted by Gasteiger charge is -2.08. The molecule has 0 atom stereocenters. The highest BCUT2D eigenvalue weighted by Crippen LogP contribution is 2.17. The number of esters is 1. The van der Waals surface area contributed by atoms with Crippen molar-refractivity contribution in [2.24, 2.45) is 0 Å². The van der Waals surface area contributed by atoms with Gasteiger partial charge in [-0.1, -0.05) is 0 Å². The lowest BCUT2D eigenvalue weighted by atomic mass is 10.3. The van der Waals surface area contributed by atoms with Crippen LogP contribution >= 0.6 is 11.3 Å². The number of alkyl halides is 2. The zero-order chi connectivity index (χ0) is 19.6. The van der Waals surface area contributed by atoms with Crippen molar-refractivity contribution in [2.75, 3.05) is 18.5 Å². The van der Waals surface area contributed by atoms with Gasteiger partial charge in [-0.2, -0.15) is 20.1 Å². The SMILES string of the molecule is O=C(COC(=O)CCNC(=O)c1ccsc1)Nc1ccc(OC(F)F)cc1. The van der Waals surface area contributed by atoms with E-state index in [1.807, 2.05) is 0 Å². The number of halogens is 2. The Morgan fingerprint density at radius 3 is 2.48 bits per heavy atom. The summed E-state index contributed by atoms with van der Waals surface area (Å²) in [7, 11) is 0. The van der Waals surface area contributed by atoms with Crippen molar-refractivity contribution in [3.63, 3.8) is 0 Å². The Hall–Kier alpha value is -3.01. The summed E-state index contributed by atoms with van der Waals surface area (Å²) in [5, 5.41) is 8.46. The highest BCUT2D eigenvalue weighted by molar-refractivity contribution is 7.08. The van der Waals surface area contributed by atoms with Gasteiger partial charge in [0, 0.05) is 23.2 Å². The number of anilines is 1. The van der Waals surface area contributed by atoms with E-state index >= 15 is 0 Å². The third-order valence-electron chi connectivity index (χ3n) is 3.13. The van der Waals surface area contributed by atoms with Crippen molar-refractivity contribution in [3.05, 3.63) is 46.7 Å². The summed E-state index contributed by atoms with van der Waals surface area (Å²) >= 11 is 1.39. The molecule has 2 rings (SSSR count). The number of amides is 2. The molecule has 1 aromatic heterocycles. The van der Waals surface area contributed by atoms with Crippen LogP contribution < -0.4 is 15.4 Å². The van der Waals surface area contributed by atoms with Crippen LogP contribution in [-0.2, 0) is 14.3 Å². The average Bonchev–Trinajstić information content (AvgIpc) is 3.16. The fourth-order valence-corrected chi connectivity index (χ4v) is 2.54. The van der Waals surface area contributed by atoms with Crippen molar-refractivity contribution >= 4 is 34.8 Å². The lowest BCUT2D eigenvalue weighted by Crippen LogP contribution is -2.27. The molecular formula is C17H16F2N2O5S. The number of ether oxygens (including phenoxy) is 2. The fraction of sp³-hybridized carbons (Fsp3) is 0.235. The summed E-state index contributed by atoms with van der Waals surface area (Å²) in [6.07, 6.45) is -0.0805. The van der Waals surface area contributed by atoms with Crippen LogP contribution in [0.25, 0.3) is 0 Å². The Morgan fingerprint density at radius 1 is 1.11 bits per heavy atom. The molecule has 2 aromatic rings. The van der Waals surface area contributed by atoms with E-state index in [1.54, 1.807) is 16.8 Å². The fourth-order valence-electron chi connectivity index (χ4n) is 1.91. The molecule has 0 aliphatic heterocycles. The molecule has 27 heavy (non-hydrogen) atoms. The van der Waals surface area contributed by atoms with Gasteiger partial charge in [0.05, 0.1) is 6.42 Å². The van der Waals surface area contributed by atoms with E-state index in [9.17, 15) is 23.2 Å². The van der Waals surface area contributed by atoms with E-state index in [0.29, 0.717) is 11.3 Å². The molecule has 0 aliphatic carbocycles. The van der Waals surface area contributed by atoms with E-state index in [4.69, 9.17) is 4.74 Å². The number of hydrogen-bond acceptors (Lipinski definition) is 6. The van der Waals surface area contributed by atoms with Crippen LogP contribution in [0, 0.1) is 0 Å². The van der Waals surface area contributed by atoms with Gasteiger partial charge < -0.3 is 20.1 Å². The van der Waals surface area contributed by atoms with Crippen molar-refractivity contribution in [1.29, 1.82) is 0 Å². The van der Waals surface area contributed by atoms with E-state index in [1.165, 1.54) is 35.6 Å². The Labute approximate surface area is 157 Å². The standard InChI is InChI=1S/C17H16F2N2O5S/c18-17(19)26-13-3-1-12(2-4-13)21-14(22)9-25-15(23)5-7-20-16(24)11-6-8-27-10-11/h1-4,6,8,10,17H,5,7,9H2,(H,20,24)(H,21,22). The maximum atomic E-state index is 12.0. The van der Waals surface area contributed by atoms with Gasteiger partial charge in [0.1, 0.15) is 5.75 Å². The zero-order valence-corrected chi connectivity index (χ0v) is 14.8. The average molecular weight is 398 g/mol. The molecular weight excluding hydrogens is 382 g/mol. The number of nitrogens with one attached hydrogen (secondary N) is 2. The Bertz CT molecular complexity index is 766. The second kappa shape index (κ2) is 10.2. The van der Waals surface area contributed by atoms with E-state index < -0.39 is 25.1 Å². The molecule has 1 heterocycles. The predicted octanol–water partition coefficient (Wildman–Crippen LogP) is 2.65. The number of hydrogen-bond donors (Lipinski definition) is 2. The van der Waals surface area contributed by atoms with Gasteiger partial charge >= 0.3 is 12.6 Å². The van der Waals surface area contributed by atoms with Gasteiger partial charge in [-0.15, -0.1) is 0 Å². The van der Waals surface area contributed by atoms with Gasteiger partial charge in [0.15, 0.2) is 6.61 Å². The van der Waals surface area contributed by atoms with Gasteiger partial charge in [0.2, 0.25) is 0 Å². The lowest BCUT2D eigenvalue weighted by molar-refractivity contribution is -0.147. The number of carbonyl (C=O) groups is 3. The van der Waals surface area contributed by atoms with E-state index in [2.05, 4.69) is 15.4 Å². The smallest absolute Gasteiger partial charge is 0.387 e. The van der Waals surface area contributed by atoms with Crippen LogP contribution in [0.1, 0.15) is 16.8 Å². The van der Waals surface area contributed by atoms with Gasteiger partial charge in [0.25, 0.3) is 11.8 Å². The second-order valence-corrected chi connectivity index (χ2v) is 5.91. The summed E-state index contributed by atoms with van der Waals surface area (Å²) in [5.41, 5.74) is 0.846. The minimum atomic E-state index is -2.93. The van der Waals surface area contributed by atoms with Crippen molar-refractivity contribution < 1.29 is 32.6 Å². The van der Waals surface area contributed by atoms with Gasteiger partial charge in [-0.25, -0.2) is 0 Å². The van der Waals surface area contributed by atoms with E-state index in [0.717, 1.165) is 0 Å². The first-order valence-corrected chi connectivity index (χ1v) is 8.69. The Balaban J connectivity index is 1.64. The minimum Gasteiger partial charge on any atom is -0.456 e. The Morgan fingerprint density at radius 2 is 1.85 bits per heavy atom. The van der Waals surface area contributed by atoms with Crippen LogP contribution in [0.5, 0.6) is 5.75 Å². The molecule has 7 nitrogen and oxygen atoms in total. The van der Waals surface area contributed by atoms with Crippen molar-refractivity contribution in [1.82, 2.24) is 5.32 Å². The molecule has 0 spiro atoms. The molecule has 144 valence electrons. The first kappa shape index (κ1) is 20.3. The monoisotopic (exact) mass is 398 g/mol. The molecule has 0 aliphatic rings. The third kappa shape index (κ3) is 7.40. The van der Waals surface area contributed by atoms with Crippen molar-refractivity contribution in [3.8, 4) is 5.75 Å². The summed E-state index contributed by atoms with van der Waals surface area (Å²) < 4.78 is 33.1. The van der Waals surface area contributed by atoms with Crippen LogP contribution in [-0.4, -0.2) is 37.5 Å². The molecule has 0 saturated heterocycles. The number of rotatable bonds is 9. The van der Waals surface area contributed by atoms with Crippen LogP contribution in [0.2, 0.25) is 0 Å². The molecule has 0 fully saturated rings. The maximum Gasteiger partial charge on any atom is 0.387 e. The summed E-state index contributed by atoms with van der Waals surface area (Å²) in [6.45, 7) is -3.35. The quantitative estimate of drug-likeness (QED) is 0.634. The number of thiophene rings is 1. The largest absolute Gasteiger partial charge is 0.456 e. The van der Waals surface area contributed by atoms with Crippen LogP contribution in [0.15, 0.2) is 41.1 Å². The first-order valence-electron chi connectivity index (χ1n) is 7.75. The zero-order valence-electron chi connectivity index (χ0n) is 13.9. The highest BCUT2D eigenvalue weighted by Gasteiger charge is 2.10. The molecule has 10 heteroatoms. The second-order valence-electron chi connectivity index (χ2n) is 5.13. The molecule has 0 bridgehead atoms. The Kier molecular flexibility index (Phi) is 7.68. The van der Waals surface area contributed by atoms with Gasteiger partial charge in [-0.3, -0.25) is 14.4 Å². The molecule has 2 amide bonds. The third-order valence-corrected chi connectivity index (χ3v) is 3.81. The van der Waals surface area contributed by atoms with E-state index in [-0.39, 0.29) is 24.6 Å². The normalized spacial score (nSPS) is 10.3. The maximum absolute atomic E-state index is 12.0. The molecule has 0 saturated carbocycles. The number of carbonyl (C=O) groups excluding carboxylic acids is 3. The van der Waals surface area contributed by atoms with Crippen molar-refractivity contribution in [2.45, 2.75) is 13.0 Å². The number of benzene rings is 1. The molecule has 1 aromatic carbocycles. The van der Waals surface area contributed by atoms with Crippen LogP contribution in [0.4, 0.5) is 14.5 Å². The minimum absolute atomic E-state index is 0.0427. The van der Waals surface area contributed by atoms with Crippen LogP contribution in [0.3, 0.4) is 0 Å².